The molecule has 8 heteroatoms. The summed E-state index contributed by atoms with van der Waals surface area (Å²) < 4.78 is 26.0. The van der Waals surface area contributed by atoms with Crippen molar-refractivity contribution in [3.63, 3.8) is 0 Å². The molecule has 3 N–H and O–H groups in total. The molecule has 1 rings (SSSR count). The average Bonchev–Trinajstić information content (AvgIpc) is 2.58. The van der Waals surface area contributed by atoms with Gasteiger partial charge in [0.25, 0.3) is 0 Å². The van der Waals surface area contributed by atoms with Crippen LogP contribution in [0.2, 0.25) is 0 Å². The summed E-state index contributed by atoms with van der Waals surface area (Å²) in [7, 11) is -0.284. The van der Waals surface area contributed by atoms with Gasteiger partial charge in [0.2, 0.25) is 10.0 Å². The molecular formula is C16H29IN4O2S. The second kappa shape index (κ2) is 11.6. The summed E-state index contributed by atoms with van der Waals surface area (Å²) in [4.78, 5) is 4.46. The van der Waals surface area contributed by atoms with Gasteiger partial charge in [-0.2, -0.15) is 0 Å². The van der Waals surface area contributed by atoms with E-state index in [-0.39, 0.29) is 28.9 Å². The fourth-order valence-corrected chi connectivity index (χ4v) is 2.97. The van der Waals surface area contributed by atoms with Gasteiger partial charge in [0.1, 0.15) is 0 Å². The Morgan fingerprint density at radius 1 is 1.21 bits per heavy atom. The largest absolute Gasteiger partial charge is 0.356 e. The molecule has 0 atom stereocenters. The second-order valence-electron chi connectivity index (χ2n) is 5.34. The van der Waals surface area contributed by atoms with Gasteiger partial charge in [-0.25, -0.2) is 13.1 Å². The Morgan fingerprint density at radius 2 is 1.88 bits per heavy atom. The van der Waals surface area contributed by atoms with E-state index in [9.17, 15) is 8.42 Å². The van der Waals surface area contributed by atoms with E-state index in [1.165, 1.54) is 7.05 Å². The lowest BCUT2D eigenvalue weighted by Crippen LogP contribution is -2.39. The molecule has 1 aromatic rings. The first kappa shape index (κ1) is 23.1. The van der Waals surface area contributed by atoms with E-state index in [4.69, 9.17) is 0 Å². The summed E-state index contributed by atoms with van der Waals surface area (Å²) in [6, 6.07) is 6.86. The SMILES string of the molecule is CCC(CC)CNC(=NC)NCc1cccc(S(=O)(=O)NC)c1.I. The number of halogens is 1. The topological polar surface area (TPSA) is 82.6 Å². The molecule has 0 aliphatic carbocycles. The zero-order valence-corrected chi connectivity index (χ0v) is 17.9. The average molecular weight is 468 g/mol. The van der Waals surface area contributed by atoms with Crippen molar-refractivity contribution in [2.45, 2.75) is 38.1 Å². The van der Waals surface area contributed by atoms with E-state index in [0.29, 0.717) is 12.5 Å². The lowest BCUT2D eigenvalue weighted by molar-refractivity contribution is 0.481. The molecule has 0 fully saturated rings. The van der Waals surface area contributed by atoms with Gasteiger partial charge in [0, 0.05) is 20.1 Å². The maximum Gasteiger partial charge on any atom is 0.240 e. The van der Waals surface area contributed by atoms with Gasteiger partial charge in [0.15, 0.2) is 5.96 Å². The highest BCUT2D eigenvalue weighted by molar-refractivity contribution is 14.0. The van der Waals surface area contributed by atoms with Crippen LogP contribution in [0.1, 0.15) is 32.3 Å². The Kier molecular flexibility index (Phi) is 11.2. The van der Waals surface area contributed by atoms with Crippen LogP contribution in [0.15, 0.2) is 34.2 Å². The lowest BCUT2D eigenvalue weighted by Gasteiger charge is -2.17. The van der Waals surface area contributed by atoms with Gasteiger partial charge in [-0.3, -0.25) is 4.99 Å². The molecule has 1 aromatic carbocycles. The number of aliphatic imine (C=N–C) groups is 1. The van der Waals surface area contributed by atoms with Crippen LogP contribution in [0.25, 0.3) is 0 Å². The van der Waals surface area contributed by atoms with E-state index >= 15 is 0 Å². The first-order valence-corrected chi connectivity index (χ1v) is 9.42. The molecule has 0 aliphatic heterocycles. The smallest absolute Gasteiger partial charge is 0.240 e. The van der Waals surface area contributed by atoms with Crippen LogP contribution in [0.3, 0.4) is 0 Å². The summed E-state index contributed by atoms with van der Waals surface area (Å²) in [5, 5.41) is 6.52. The third-order valence-electron chi connectivity index (χ3n) is 3.87. The van der Waals surface area contributed by atoms with E-state index in [2.05, 4.69) is 34.2 Å². The molecule has 0 saturated carbocycles. The van der Waals surface area contributed by atoms with Crippen molar-refractivity contribution in [1.82, 2.24) is 15.4 Å². The van der Waals surface area contributed by atoms with Gasteiger partial charge in [-0.1, -0.05) is 38.8 Å². The molecule has 24 heavy (non-hydrogen) atoms. The molecule has 0 amide bonds. The summed E-state index contributed by atoms with van der Waals surface area (Å²) in [5.41, 5.74) is 0.881. The molecule has 0 unspecified atom stereocenters. The minimum atomic E-state index is -3.42. The number of benzene rings is 1. The summed E-state index contributed by atoms with van der Waals surface area (Å²) in [6.45, 7) is 5.75. The zero-order chi connectivity index (χ0) is 17.3. The third kappa shape index (κ3) is 7.35. The van der Waals surface area contributed by atoms with Gasteiger partial charge in [-0.15, -0.1) is 24.0 Å². The number of sulfonamides is 1. The molecule has 0 spiro atoms. The molecule has 0 heterocycles. The van der Waals surface area contributed by atoms with Gasteiger partial charge in [-0.05, 0) is 30.7 Å². The van der Waals surface area contributed by atoms with Crippen molar-refractivity contribution in [3.8, 4) is 0 Å². The summed E-state index contributed by atoms with van der Waals surface area (Å²) in [5.74, 6) is 1.34. The molecule has 0 radical (unpaired) electrons. The van der Waals surface area contributed by atoms with Crippen molar-refractivity contribution in [2.75, 3.05) is 20.6 Å². The first-order valence-electron chi connectivity index (χ1n) is 7.93. The molecule has 0 saturated heterocycles. The van der Waals surface area contributed by atoms with Gasteiger partial charge >= 0.3 is 0 Å². The molecule has 0 aromatic heterocycles. The Bertz CT molecular complexity index is 616. The number of guanidine groups is 1. The molecule has 0 bridgehead atoms. The Balaban J connectivity index is 0.00000529. The van der Waals surface area contributed by atoms with Crippen LogP contribution in [-0.2, 0) is 16.6 Å². The van der Waals surface area contributed by atoms with Crippen molar-refractivity contribution in [3.05, 3.63) is 29.8 Å². The van der Waals surface area contributed by atoms with Crippen molar-refractivity contribution >= 4 is 40.0 Å². The van der Waals surface area contributed by atoms with Gasteiger partial charge in [0.05, 0.1) is 4.90 Å². The van der Waals surface area contributed by atoms with Crippen LogP contribution in [0.4, 0.5) is 0 Å². The standard InChI is InChI=1S/C16H28N4O2S.HI/c1-5-13(6-2)11-19-16(17-3)20-12-14-8-7-9-15(10-14)23(21,22)18-4;/h7-10,13,18H,5-6,11-12H2,1-4H3,(H2,17,19,20);1H. The second-order valence-corrected chi connectivity index (χ2v) is 7.23. The number of rotatable bonds is 8. The summed E-state index contributed by atoms with van der Waals surface area (Å²) in [6.07, 6.45) is 2.26. The zero-order valence-electron chi connectivity index (χ0n) is 14.8. The minimum absolute atomic E-state index is 0. The van der Waals surface area contributed by atoms with Crippen LogP contribution in [-0.4, -0.2) is 35.0 Å². The Labute approximate surface area is 163 Å². The van der Waals surface area contributed by atoms with Gasteiger partial charge < -0.3 is 10.6 Å². The first-order chi connectivity index (χ1) is 11.0. The number of hydrogen-bond donors (Lipinski definition) is 3. The van der Waals surface area contributed by atoms with E-state index < -0.39 is 10.0 Å². The number of nitrogens with one attached hydrogen (secondary N) is 3. The van der Waals surface area contributed by atoms with Crippen LogP contribution >= 0.6 is 24.0 Å². The Hall–Kier alpha value is -0.870. The maximum atomic E-state index is 11.8. The maximum absolute atomic E-state index is 11.8. The third-order valence-corrected chi connectivity index (χ3v) is 5.29. The van der Waals surface area contributed by atoms with Crippen molar-refractivity contribution in [1.29, 1.82) is 0 Å². The number of hydrogen-bond acceptors (Lipinski definition) is 3. The minimum Gasteiger partial charge on any atom is -0.356 e. The quantitative estimate of drug-likeness (QED) is 0.311. The molecule has 0 aliphatic rings. The lowest BCUT2D eigenvalue weighted by atomic mass is 10.0. The fourth-order valence-electron chi connectivity index (χ4n) is 2.17. The monoisotopic (exact) mass is 468 g/mol. The van der Waals surface area contributed by atoms with E-state index in [1.807, 2.05) is 6.07 Å². The van der Waals surface area contributed by atoms with Crippen molar-refractivity contribution < 1.29 is 8.42 Å². The highest BCUT2D eigenvalue weighted by Gasteiger charge is 2.11. The Morgan fingerprint density at radius 3 is 2.42 bits per heavy atom. The highest BCUT2D eigenvalue weighted by atomic mass is 127. The van der Waals surface area contributed by atoms with Crippen LogP contribution in [0, 0.1) is 5.92 Å². The van der Waals surface area contributed by atoms with E-state index in [1.54, 1.807) is 25.2 Å². The number of nitrogens with zero attached hydrogens (tertiary/aromatic N) is 1. The highest BCUT2D eigenvalue weighted by Crippen LogP contribution is 2.11. The van der Waals surface area contributed by atoms with E-state index in [0.717, 1.165) is 30.9 Å². The van der Waals surface area contributed by atoms with Crippen LogP contribution in [0.5, 0.6) is 0 Å². The molecule has 6 nitrogen and oxygen atoms in total. The fraction of sp³-hybridized carbons (Fsp3) is 0.562. The normalized spacial score (nSPS) is 12.0. The predicted octanol–water partition coefficient (Wildman–Crippen LogP) is 2.31. The summed E-state index contributed by atoms with van der Waals surface area (Å²) >= 11 is 0. The molecule has 138 valence electrons. The molecular weight excluding hydrogens is 439 g/mol. The predicted molar refractivity (Wildman–Crippen MR) is 110 cm³/mol. The van der Waals surface area contributed by atoms with Crippen molar-refractivity contribution in [2.24, 2.45) is 10.9 Å². The van der Waals surface area contributed by atoms with Crippen LogP contribution < -0.4 is 15.4 Å².